The van der Waals surface area contributed by atoms with Crippen LogP contribution in [0.4, 0.5) is 10.5 Å². The second-order valence-corrected chi connectivity index (χ2v) is 5.31. The Labute approximate surface area is 133 Å². The SMILES string of the molecule is CC1=C(C(=S)Nc2ccccc2)C(c2ccco2)NC(=O)N1. The summed E-state index contributed by atoms with van der Waals surface area (Å²) >= 11 is 5.52. The Morgan fingerprint density at radius 1 is 1.23 bits per heavy atom. The van der Waals surface area contributed by atoms with Crippen molar-refractivity contribution in [3.63, 3.8) is 0 Å². The quantitative estimate of drug-likeness (QED) is 0.760. The normalized spacial score (nSPS) is 17.7. The molecule has 5 nitrogen and oxygen atoms in total. The van der Waals surface area contributed by atoms with Crippen LogP contribution in [0, 0.1) is 0 Å². The topological polar surface area (TPSA) is 66.3 Å². The van der Waals surface area contributed by atoms with E-state index < -0.39 is 6.04 Å². The van der Waals surface area contributed by atoms with Crippen molar-refractivity contribution in [1.29, 1.82) is 0 Å². The lowest BCUT2D eigenvalue weighted by molar-refractivity contribution is 0.237. The van der Waals surface area contributed by atoms with Gasteiger partial charge < -0.3 is 20.4 Å². The van der Waals surface area contributed by atoms with Crippen LogP contribution >= 0.6 is 12.2 Å². The number of para-hydroxylation sites is 1. The average Bonchev–Trinajstić information content (AvgIpc) is 3.01. The third-order valence-electron chi connectivity index (χ3n) is 3.37. The molecule has 2 amide bonds. The van der Waals surface area contributed by atoms with E-state index in [4.69, 9.17) is 16.6 Å². The van der Waals surface area contributed by atoms with Crippen LogP contribution in [0.1, 0.15) is 18.7 Å². The third-order valence-corrected chi connectivity index (χ3v) is 3.70. The number of carbonyl (C=O) groups excluding carboxylic acids is 1. The minimum Gasteiger partial charge on any atom is -0.467 e. The monoisotopic (exact) mass is 313 g/mol. The van der Waals surface area contributed by atoms with Gasteiger partial charge in [0.1, 0.15) is 16.8 Å². The zero-order chi connectivity index (χ0) is 15.5. The number of nitrogens with one attached hydrogen (secondary N) is 3. The van der Waals surface area contributed by atoms with Crippen LogP contribution in [0.15, 0.2) is 64.4 Å². The lowest BCUT2D eigenvalue weighted by Gasteiger charge is -2.28. The summed E-state index contributed by atoms with van der Waals surface area (Å²) in [5.74, 6) is 0.640. The van der Waals surface area contributed by atoms with Crippen molar-refractivity contribution in [3.05, 3.63) is 65.8 Å². The predicted molar refractivity (Wildman–Crippen MR) is 88.5 cm³/mol. The molecule has 2 heterocycles. The number of furan rings is 1. The number of allylic oxidation sites excluding steroid dienone is 1. The summed E-state index contributed by atoms with van der Waals surface area (Å²) in [6.45, 7) is 1.82. The van der Waals surface area contributed by atoms with Crippen LogP contribution in [0.5, 0.6) is 0 Å². The number of anilines is 1. The maximum Gasteiger partial charge on any atom is 0.319 e. The number of amides is 2. The van der Waals surface area contributed by atoms with Crippen LogP contribution in [-0.4, -0.2) is 11.0 Å². The van der Waals surface area contributed by atoms with Crippen LogP contribution in [-0.2, 0) is 0 Å². The summed E-state index contributed by atoms with van der Waals surface area (Å²) in [7, 11) is 0. The molecule has 0 fully saturated rings. The van der Waals surface area contributed by atoms with Gasteiger partial charge in [-0.15, -0.1) is 0 Å². The van der Waals surface area contributed by atoms with Gasteiger partial charge in [0.2, 0.25) is 0 Å². The summed E-state index contributed by atoms with van der Waals surface area (Å²) < 4.78 is 5.44. The van der Waals surface area contributed by atoms with Gasteiger partial charge in [-0.25, -0.2) is 4.79 Å². The van der Waals surface area contributed by atoms with Crippen LogP contribution in [0.2, 0.25) is 0 Å². The molecule has 1 aliphatic rings. The van der Waals surface area contributed by atoms with Crippen molar-refractivity contribution in [2.75, 3.05) is 5.32 Å². The molecule has 0 saturated carbocycles. The Balaban J connectivity index is 1.92. The van der Waals surface area contributed by atoms with Crippen molar-refractivity contribution < 1.29 is 9.21 Å². The Kier molecular flexibility index (Phi) is 3.93. The Bertz CT molecular complexity index is 723. The lowest BCUT2D eigenvalue weighted by atomic mass is 10.0. The molecule has 1 unspecified atom stereocenters. The maximum atomic E-state index is 11.7. The van der Waals surface area contributed by atoms with E-state index in [0.717, 1.165) is 11.3 Å². The number of hydrogen-bond acceptors (Lipinski definition) is 3. The van der Waals surface area contributed by atoms with E-state index in [1.54, 1.807) is 12.3 Å². The molecule has 1 aromatic carbocycles. The van der Waals surface area contributed by atoms with Gasteiger partial charge in [-0.05, 0) is 31.2 Å². The smallest absolute Gasteiger partial charge is 0.319 e. The van der Waals surface area contributed by atoms with Crippen LogP contribution in [0.3, 0.4) is 0 Å². The first-order valence-corrected chi connectivity index (χ1v) is 7.24. The lowest BCUT2D eigenvalue weighted by Crippen LogP contribution is -2.45. The molecule has 2 aromatic rings. The molecule has 1 aliphatic heterocycles. The number of hydrogen-bond donors (Lipinski definition) is 3. The molecule has 0 aliphatic carbocycles. The number of benzene rings is 1. The van der Waals surface area contributed by atoms with Gasteiger partial charge in [0.05, 0.1) is 6.26 Å². The van der Waals surface area contributed by atoms with E-state index in [-0.39, 0.29) is 6.03 Å². The summed E-state index contributed by atoms with van der Waals surface area (Å²) in [5, 5.41) is 8.77. The molecule has 3 N–H and O–H groups in total. The minimum atomic E-state index is -0.410. The van der Waals surface area contributed by atoms with Crippen molar-refractivity contribution >= 4 is 28.9 Å². The molecule has 0 bridgehead atoms. The van der Waals surface area contributed by atoms with Gasteiger partial charge in [0.15, 0.2) is 0 Å². The Morgan fingerprint density at radius 3 is 2.68 bits per heavy atom. The van der Waals surface area contributed by atoms with Gasteiger partial charge in [-0.3, -0.25) is 0 Å². The zero-order valence-electron chi connectivity index (χ0n) is 11.9. The molecule has 0 saturated heterocycles. The summed E-state index contributed by atoms with van der Waals surface area (Å²) in [4.78, 5) is 12.3. The second kappa shape index (κ2) is 6.03. The molecular weight excluding hydrogens is 298 g/mol. The maximum absolute atomic E-state index is 11.7. The Morgan fingerprint density at radius 2 is 2.00 bits per heavy atom. The average molecular weight is 313 g/mol. The van der Waals surface area contributed by atoms with E-state index in [9.17, 15) is 4.79 Å². The van der Waals surface area contributed by atoms with Crippen molar-refractivity contribution in [2.24, 2.45) is 0 Å². The zero-order valence-corrected chi connectivity index (χ0v) is 12.7. The molecule has 0 radical (unpaired) electrons. The first-order valence-electron chi connectivity index (χ1n) is 6.83. The number of carbonyl (C=O) groups is 1. The highest BCUT2D eigenvalue weighted by Gasteiger charge is 2.30. The van der Waals surface area contributed by atoms with E-state index in [0.29, 0.717) is 16.4 Å². The number of thiocarbonyl (C=S) groups is 1. The van der Waals surface area contributed by atoms with E-state index in [2.05, 4.69) is 16.0 Å². The molecule has 3 rings (SSSR count). The first-order chi connectivity index (χ1) is 10.6. The molecule has 1 atom stereocenters. The van der Waals surface area contributed by atoms with Crippen molar-refractivity contribution in [1.82, 2.24) is 10.6 Å². The highest BCUT2D eigenvalue weighted by molar-refractivity contribution is 7.81. The van der Waals surface area contributed by atoms with Crippen molar-refractivity contribution in [2.45, 2.75) is 13.0 Å². The molecule has 112 valence electrons. The molecule has 1 aromatic heterocycles. The van der Waals surface area contributed by atoms with Crippen LogP contribution < -0.4 is 16.0 Å². The van der Waals surface area contributed by atoms with Gasteiger partial charge in [-0.1, -0.05) is 30.4 Å². The predicted octanol–water partition coefficient (Wildman–Crippen LogP) is 3.35. The minimum absolute atomic E-state index is 0.273. The Hall–Kier alpha value is -2.60. The van der Waals surface area contributed by atoms with Crippen LogP contribution in [0.25, 0.3) is 0 Å². The molecule has 6 heteroatoms. The second-order valence-electron chi connectivity index (χ2n) is 4.91. The third kappa shape index (κ3) is 2.87. The number of urea groups is 1. The molecule has 0 spiro atoms. The standard InChI is InChI=1S/C16H15N3O2S/c1-10-13(15(22)18-11-6-3-2-4-7-11)14(19-16(20)17-10)12-8-5-9-21-12/h2-9,14H,1H3,(H,18,22)(H2,17,19,20). The highest BCUT2D eigenvalue weighted by atomic mass is 32.1. The number of rotatable bonds is 3. The molecule has 22 heavy (non-hydrogen) atoms. The fourth-order valence-corrected chi connectivity index (χ4v) is 2.77. The summed E-state index contributed by atoms with van der Waals surface area (Å²) in [5.41, 5.74) is 2.38. The first kappa shape index (κ1) is 14.3. The van der Waals surface area contributed by atoms with Gasteiger partial charge in [0, 0.05) is 17.0 Å². The summed E-state index contributed by atoms with van der Waals surface area (Å²) in [6.07, 6.45) is 1.57. The fourth-order valence-electron chi connectivity index (χ4n) is 2.38. The van der Waals surface area contributed by atoms with E-state index >= 15 is 0 Å². The van der Waals surface area contributed by atoms with Gasteiger partial charge in [0.25, 0.3) is 0 Å². The van der Waals surface area contributed by atoms with E-state index in [1.165, 1.54) is 0 Å². The summed E-state index contributed by atoms with van der Waals surface area (Å²) in [6, 6.07) is 12.6. The van der Waals surface area contributed by atoms with Gasteiger partial charge in [-0.2, -0.15) is 0 Å². The highest BCUT2D eigenvalue weighted by Crippen LogP contribution is 2.28. The molecular formula is C16H15N3O2S. The van der Waals surface area contributed by atoms with Gasteiger partial charge >= 0.3 is 6.03 Å². The van der Waals surface area contributed by atoms with Crippen molar-refractivity contribution in [3.8, 4) is 0 Å². The van der Waals surface area contributed by atoms with E-state index in [1.807, 2.05) is 43.3 Å². The largest absolute Gasteiger partial charge is 0.467 e. The fraction of sp³-hybridized carbons (Fsp3) is 0.125.